The molecule has 2 atom stereocenters. The predicted molar refractivity (Wildman–Crippen MR) is 131 cm³/mol. The Morgan fingerprint density at radius 2 is 1.88 bits per heavy atom. The molecular weight excluding hydrogens is 477 g/mol. The van der Waals surface area contributed by atoms with Crippen LogP contribution in [0.1, 0.15) is 52.6 Å². The number of furan rings is 1. The summed E-state index contributed by atoms with van der Waals surface area (Å²) in [7, 11) is 2.11. The first-order valence-corrected chi connectivity index (χ1v) is 12.3. The summed E-state index contributed by atoms with van der Waals surface area (Å²) in [5.74, 6) is -1.01. The largest absolute Gasteiger partial charge is 0.466 e. The van der Waals surface area contributed by atoms with Gasteiger partial charge in [0.05, 0.1) is 12.8 Å². The lowest BCUT2D eigenvalue weighted by Crippen LogP contribution is -2.17. The number of thiol groups is 1. The van der Waals surface area contributed by atoms with Crippen molar-refractivity contribution < 1.29 is 32.4 Å². The highest BCUT2D eigenvalue weighted by Gasteiger charge is 2.32. The second-order valence-electron chi connectivity index (χ2n) is 5.52. The molecule has 2 aromatic heterocycles. The fraction of sp³-hybridized carbons (Fsp3) is 0.429. The van der Waals surface area contributed by atoms with Gasteiger partial charge < -0.3 is 13.9 Å². The molecule has 12 heteroatoms. The van der Waals surface area contributed by atoms with E-state index in [1.54, 1.807) is 6.92 Å². The molecule has 2 heterocycles. The molecule has 0 spiro atoms. The van der Waals surface area contributed by atoms with Crippen molar-refractivity contribution >= 4 is 48.6 Å². The zero-order valence-corrected chi connectivity index (χ0v) is 21.1. The third kappa shape index (κ3) is 8.08. The molecule has 0 aliphatic carbocycles. The Bertz CT molecular complexity index is 1020. The minimum absolute atomic E-state index is 0.0773. The first-order valence-electron chi connectivity index (χ1n) is 10.2. The number of rotatable bonds is 7. The van der Waals surface area contributed by atoms with Gasteiger partial charge in [-0.1, -0.05) is 36.1 Å². The van der Waals surface area contributed by atoms with Crippen LogP contribution in [0.3, 0.4) is 0 Å². The van der Waals surface area contributed by atoms with E-state index in [2.05, 4.69) is 30.4 Å². The third-order valence-electron chi connectivity index (χ3n) is 3.91. The van der Waals surface area contributed by atoms with Gasteiger partial charge in [-0.3, -0.25) is 19.9 Å². The Morgan fingerprint density at radius 3 is 2.42 bits per heavy atom. The maximum Gasteiger partial charge on any atom is 0.387 e. The molecule has 0 bridgehead atoms. The van der Waals surface area contributed by atoms with Gasteiger partial charge in [-0.2, -0.15) is 21.0 Å². The molecule has 0 N–H and O–H groups in total. The maximum atomic E-state index is 12.7. The molecule has 3 aromatic rings. The number of benzene rings is 1. The summed E-state index contributed by atoms with van der Waals surface area (Å²) in [5, 5.41) is 12.3. The van der Waals surface area contributed by atoms with E-state index in [0.717, 1.165) is 6.07 Å². The van der Waals surface area contributed by atoms with Gasteiger partial charge in [-0.15, -0.1) is 0 Å². The molecular formula is C21H29F2N2O6PS. The van der Waals surface area contributed by atoms with Gasteiger partial charge in [0.15, 0.2) is 16.9 Å². The Morgan fingerprint density at radius 1 is 1.24 bits per heavy atom. The van der Waals surface area contributed by atoms with Crippen LogP contribution in [-0.4, -0.2) is 29.1 Å². The van der Waals surface area contributed by atoms with Gasteiger partial charge in [0.1, 0.15) is 6.42 Å². The lowest BCUT2D eigenvalue weighted by Gasteiger charge is -2.12. The molecule has 2 unspecified atom stereocenters. The van der Waals surface area contributed by atoms with E-state index in [9.17, 15) is 23.7 Å². The number of nitro groups is 1. The second kappa shape index (κ2) is 16.1. The average molecular weight is 507 g/mol. The average Bonchev–Trinajstić information content (AvgIpc) is 3.22. The molecule has 0 fully saturated rings. The van der Waals surface area contributed by atoms with Crippen LogP contribution in [0.15, 0.2) is 35.0 Å². The summed E-state index contributed by atoms with van der Waals surface area (Å²) < 4.78 is 40.2. The molecule has 0 saturated heterocycles. The zero-order chi connectivity index (χ0) is 25.6. The SMILES string of the molecule is CC.CC.CCOC(=O)CC(c1ccc(OC(F)F)c2oc3cnccc3c12)[N+](=O)[O-].PS. The van der Waals surface area contributed by atoms with Gasteiger partial charge in [-0.25, -0.2) is 0 Å². The van der Waals surface area contributed by atoms with Crippen molar-refractivity contribution in [3.63, 3.8) is 0 Å². The molecule has 0 amide bonds. The van der Waals surface area contributed by atoms with E-state index < -0.39 is 30.0 Å². The molecule has 0 aliphatic heterocycles. The fourth-order valence-corrected chi connectivity index (χ4v) is 2.88. The van der Waals surface area contributed by atoms with E-state index in [1.807, 2.05) is 27.7 Å². The number of pyridine rings is 1. The van der Waals surface area contributed by atoms with E-state index in [-0.39, 0.29) is 34.5 Å². The van der Waals surface area contributed by atoms with Crippen LogP contribution in [0.25, 0.3) is 21.9 Å². The predicted octanol–water partition coefficient (Wildman–Crippen LogP) is 6.61. The number of carbonyl (C=O) groups excluding carboxylic acids is 1. The van der Waals surface area contributed by atoms with Gasteiger partial charge in [0.25, 0.3) is 0 Å². The maximum absolute atomic E-state index is 12.7. The van der Waals surface area contributed by atoms with Crippen molar-refractivity contribution in [2.45, 2.75) is 53.7 Å². The number of halogens is 2. The van der Waals surface area contributed by atoms with Gasteiger partial charge >= 0.3 is 12.6 Å². The van der Waals surface area contributed by atoms with Crippen molar-refractivity contribution in [2.75, 3.05) is 6.61 Å². The molecule has 0 aliphatic rings. The lowest BCUT2D eigenvalue weighted by molar-refractivity contribution is -0.527. The van der Waals surface area contributed by atoms with Crippen molar-refractivity contribution in [3.8, 4) is 5.75 Å². The third-order valence-corrected chi connectivity index (χ3v) is 3.91. The number of aromatic nitrogens is 1. The summed E-state index contributed by atoms with van der Waals surface area (Å²) >= 11 is 3.44. The number of ether oxygens (including phenoxy) is 2. The number of carbonyl (C=O) groups is 1. The highest BCUT2D eigenvalue weighted by atomic mass is 32.7. The minimum Gasteiger partial charge on any atom is -0.466 e. The number of nitrogens with zero attached hydrogens (tertiary/aromatic N) is 2. The molecule has 8 nitrogen and oxygen atoms in total. The van der Waals surface area contributed by atoms with Crippen molar-refractivity contribution in [1.29, 1.82) is 0 Å². The van der Waals surface area contributed by atoms with Crippen LogP contribution in [0.4, 0.5) is 8.78 Å². The summed E-state index contributed by atoms with van der Waals surface area (Å²) in [5.41, 5.74) is 0.304. The Kier molecular flexibility index (Phi) is 14.9. The number of esters is 1. The number of hydrogen-bond donors (Lipinski definition) is 1. The fourth-order valence-electron chi connectivity index (χ4n) is 2.88. The molecule has 33 heavy (non-hydrogen) atoms. The first-order chi connectivity index (χ1) is 15.9. The van der Waals surface area contributed by atoms with E-state index in [4.69, 9.17) is 9.15 Å². The Hall–Kier alpha value is -2.52. The first kappa shape index (κ1) is 30.5. The van der Waals surface area contributed by atoms with Gasteiger partial charge in [-0.05, 0) is 25.1 Å². The monoisotopic (exact) mass is 506 g/mol. The standard InChI is InChI=1S/C17H14F2N2O6.2C2H6.H3PS/c1-2-25-14(22)7-11(21(23)24)9-3-4-12(27-17(18)19)16-15(9)10-5-6-20-8-13(10)26-16;3*1-2/h3-6,8,11,17H,2,7H2,1H3;2*1-2H3;2H,1H2. The van der Waals surface area contributed by atoms with Crippen LogP contribution >= 0.6 is 20.7 Å². The molecule has 184 valence electrons. The van der Waals surface area contributed by atoms with Crippen molar-refractivity contribution in [2.24, 2.45) is 0 Å². The molecule has 0 radical (unpaired) electrons. The summed E-state index contributed by atoms with van der Waals surface area (Å²) in [6.07, 6.45) is 2.29. The second-order valence-corrected chi connectivity index (χ2v) is 5.52. The van der Waals surface area contributed by atoms with Crippen LogP contribution in [0.5, 0.6) is 5.75 Å². The van der Waals surface area contributed by atoms with Gasteiger partial charge in [0.2, 0.25) is 6.04 Å². The van der Waals surface area contributed by atoms with Gasteiger partial charge in [0, 0.05) is 27.5 Å². The number of fused-ring (bicyclic) bond motifs is 3. The normalized spacial score (nSPS) is 10.7. The molecule has 1 aromatic carbocycles. The topological polar surface area (TPSA) is 105 Å². The summed E-state index contributed by atoms with van der Waals surface area (Å²) in [4.78, 5) is 26.7. The lowest BCUT2D eigenvalue weighted by atomic mass is 9.98. The van der Waals surface area contributed by atoms with Crippen molar-refractivity contribution in [1.82, 2.24) is 4.98 Å². The zero-order valence-electron chi connectivity index (χ0n) is 19.1. The van der Waals surface area contributed by atoms with Crippen LogP contribution < -0.4 is 4.74 Å². The smallest absolute Gasteiger partial charge is 0.387 e. The summed E-state index contributed by atoms with van der Waals surface area (Å²) in [6, 6.07) is 2.53. The number of alkyl halides is 2. The highest BCUT2D eigenvalue weighted by molar-refractivity contribution is 8.31. The van der Waals surface area contributed by atoms with Crippen molar-refractivity contribution in [3.05, 3.63) is 46.3 Å². The number of hydrogen-bond acceptors (Lipinski definition) is 8. The Labute approximate surface area is 198 Å². The molecule has 0 saturated carbocycles. The quantitative estimate of drug-likeness (QED) is 0.126. The van der Waals surface area contributed by atoms with Crippen LogP contribution in [-0.2, 0) is 9.53 Å². The van der Waals surface area contributed by atoms with Crippen LogP contribution in [0, 0.1) is 10.1 Å². The Balaban J connectivity index is 0.00000158. The van der Waals surface area contributed by atoms with E-state index >= 15 is 0 Å². The van der Waals surface area contributed by atoms with Crippen LogP contribution in [0.2, 0.25) is 0 Å². The molecule has 3 rings (SSSR count). The minimum atomic E-state index is -3.10. The van der Waals surface area contributed by atoms with E-state index in [1.165, 1.54) is 24.5 Å². The highest BCUT2D eigenvalue weighted by Crippen LogP contribution is 2.40. The van der Waals surface area contributed by atoms with E-state index in [0.29, 0.717) is 5.39 Å². The summed E-state index contributed by atoms with van der Waals surface area (Å²) in [6.45, 7) is 6.57.